The highest BCUT2D eigenvalue weighted by atomic mass is 19.1. The molecule has 0 aliphatic carbocycles. The van der Waals surface area contributed by atoms with Gasteiger partial charge in [0.1, 0.15) is 11.6 Å². The van der Waals surface area contributed by atoms with Crippen LogP contribution in [0.3, 0.4) is 0 Å². The largest absolute Gasteiger partial charge is 0.421 e. The molecular weight excluding hydrogens is 397 g/mol. The van der Waals surface area contributed by atoms with Gasteiger partial charge < -0.3 is 20.4 Å². The van der Waals surface area contributed by atoms with E-state index in [0.29, 0.717) is 28.4 Å². The lowest BCUT2D eigenvalue weighted by Gasteiger charge is -2.13. The summed E-state index contributed by atoms with van der Waals surface area (Å²) >= 11 is 0. The number of benzene rings is 1. The summed E-state index contributed by atoms with van der Waals surface area (Å²) in [4.78, 5) is 11.9. The van der Waals surface area contributed by atoms with E-state index in [-0.39, 0.29) is 17.8 Å². The molecule has 0 aliphatic heterocycles. The van der Waals surface area contributed by atoms with E-state index in [1.165, 1.54) is 0 Å². The van der Waals surface area contributed by atoms with Crippen molar-refractivity contribution in [3.8, 4) is 11.8 Å². The van der Waals surface area contributed by atoms with Gasteiger partial charge in [-0.3, -0.25) is 5.10 Å². The fourth-order valence-corrected chi connectivity index (χ4v) is 3.17. The Balaban J connectivity index is 1.66. The molecule has 1 aromatic carbocycles. The van der Waals surface area contributed by atoms with Crippen LogP contribution in [0.4, 0.5) is 21.8 Å². The third kappa shape index (κ3) is 4.66. The molecule has 4 aromatic rings. The molecule has 8 nitrogen and oxygen atoms in total. The Bertz CT molecular complexity index is 1240. The zero-order chi connectivity index (χ0) is 22.0. The molecule has 0 amide bonds. The summed E-state index contributed by atoms with van der Waals surface area (Å²) in [6.45, 7) is 7.79. The van der Waals surface area contributed by atoms with Crippen LogP contribution in [0.25, 0.3) is 17.0 Å². The number of fused-ring (bicyclic) bond motifs is 1. The van der Waals surface area contributed by atoms with Crippen LogP contribution in [0.2, 0.25) is 0 Å². The number of ether oxygens (including phenoxy) is 1. The molecule has 0 atom stereocenters. The first-order chi connectivity index (χ1) is 14.9. The number of aromatic nitrogens is 5. The van der Waals surface area contributed by atoms with Gasteiger partial charge in [0.05, 0.1) is 5.69 Å². The number of aromatic amines is 2. The van der Waals surface area contributed by atoms with Crippen LogP contribution in [-0.2, 0) is 0 Å². The van der Waals surface area contributed by atoms with E-state index in [9.17, 15) is 4.39 Å². The lowest BCUT2D eigenvalue weighted by molar-refractivity contribution is 0.415. The van der Waals surface area contributed by atoms with Crippen molar-refractivity contribution in [2.75, 3.05) is 10.6 Å². The van der Waals surface area contributed by atoms with Crippen molar-refractivity contribution in [1.82, 2.24) is 25.1 Å². The van der Waals surface area contributed by atoms with Gasteiger partial charge in [0.25, 0.3) is 0 Å². The number of hydrogen-bond acceptors (Lipinski definition) is 6. The molecular formula is C22H24FN7O. The summed E-state index contributed by atoms with van der Waals surface area (Å²) in [6, 6.07) is 8.81. The van der Waals surface area contributed by atoms with Crippen LogP contribution in [0.1, 0.15) is 32.2 Å². The van der Waals surface area contributed by atoms with Crippen molar-refractivity contribution in [2.24, 2.45) is 0 Å². The van der Waals surface area contributed by atoms with Gasteiger partial charge in [-0.05, 0) is 52.0 Å². The zero-order valence-corrected chi connectivity index (χ0v) is 17.7. The van der Waals surface area contributed by atoms with Crippen LogP contribution in [0, 0.1) is 12.7 Å². The summed E-state index contributed by atoms with van der Waals surface area (Å²) in [7, 11) is 0. The quantitative estimate of drug-likeness (QED) is 0.313. The van der Waals surface area contributed by atoms with Gasteiger partial charge in [0.2, 0.25) is 0 Å². The second kappa shape index (κ2) is 8.47. The maximum absolute atomic E-state index is 14.9. The lowest BCUT2D eigenvalue weighted by atomic mass is 10.2. The number of halogens is 1. The number of nitrogens with zero attached hydrogens (tertiary/aromatic N) is 3. The first-order valence-electron chi connectivity index (χ1n) is 9.97. The number of anilines is 3. The maximum Gasteiger partial charge on any atom is 0.326 e. The van der Waals surface area contributed by atoms with Crippen LogP contribution in [0.15, 0.2) is 36.4 Å². The molecule has 160 valence electrons. The van der Waals surface area contributed by atoms with E-state index < -0.39 is 5.82 Å². The second-order valence-electron chi connectivity index (χ2n) is 7.45. The SMILES string of the molecule is C/C=C/c1cc(Nc2cc(NC(C)C)nc(Oc3ccc4[nH]c(C)cc4c3F)n2)n[nH]1. The molecule has 3 heterocycles. The van der Waals surface area contributed by atoms with Crippen molar-refractivity contribution in [1.29, 1.82) is 0 Å². The molecule has 0 aliphatic rings. The van der Waals surface area contributed by atoms with E-state index in [4.69, 9.17) is 4.74 Å². The minimum atomic E-state index is -0.467. The first kappa shape index (κ1) is 20.4. The number of H-pyrrole nitrogens is 2. The number of allylic oxidation sites excluding steroid dienone is 1. The highest BCUT2D eigenvalue weighted by Gasteiger charge is 2.15. The highest BCUT2D eigenvalue weighted by Crippen LogP contribution is 2.30. The lowest BCUT2D eigenvalue weighted by Crippen LogP contribution is -2.12. The molecule has 0 radical (unpaired) electrons. The van der Waals surface area contributed by atoms with Crippen LogP contribution < -0.4 is 15.4 Å². The van der Waals surface area contributed by atoms with Crippen molar-refractivity contribution < 1.29 is 9.13 Å². The number of rotatable bonds is 7. The van der Waals surface area contributed by atoms with Crippen molar-refractivity contribution >= 4 is 34.4 Å². The smallest absolute Gasteiger partial charge is 0.326 e. The average molecular weight is 421 g/mol. The molecule has 0 saturated carbocycles. The predicted octanol–water partition coefficient (Wildman–Crippen LogP) is 5.52. The van der Waals surface area contributed by atoms with E-state index in [2.05, 4.69) is 35.8 Å². The van der Waals surface area contributed by atoms with Crippen LogP contribution >= 0.6 is 0 Å². The Labute approximate surface area is 179 Å². The first-order valence-corrected chi connectivity index (χ1v) is 9.97. The number of nitrogens with one attached hydrogen (secondary N) is 4. The summed E-state index contributed by atoms with van der Waals surface area (Å²) in [5, 5.41) is 13.9. The third-order valence-electron chi connectivity index (χ3n) is 4.38. The van der Waals surface area contributed by atoms with E-state index >= 15 is 0 Å². The van der Waals surface area contributed by atoms with E-state index in [1.54, 1.807) is 24.3 Å². The van der Waals surface area contributed by atoms with Crippen LogP contribution in [-0.4, -0.2) is 31.2 Å². The van der Waals surface area contributed by atoms with Gasteiger partial charge in [0.15, 0.2) is 17.4 Å². The van der Waals surface area contributed by atoms with Crippen molar-refractivity contribution in [3.05, 3.63) is 53.6 Å². The monoisotopic (exact) mass is 421 g/mol. The molecule has 9 heteroatoms. The standard InChI is InChI=1S/C22H24FN7O/c1-5-6-14-10-20(30-29-14)26-19-11-18(24-12(2)3)27-22(28-19)31-17-8-7-16-15(21(17)23)9-13(4)25-16/h5-12,25H,1-4H3,(H3,24,26,27,28,29,30)/b6-5+. The minimum Gasteiger partial charge on any atom is -0.421 e. The van der Waals surface area contributed by atoms with E-state index in [0.717, 1.165) is 11.4 Å². The summed E-state index contributed by atoms with van der Waals surface area (Å²) in [5.74, 6) is 1.18. The molecule has 4 rings (SSSR count). The highest BCUT2D eigenvalue weighted by molar-refractivity contribution is 5.82. The Morgan fingerprint density at radius 3 is 2.68 bits per heavy atom. The summed E-state index contributed by atoms with van der Waals surface area (Å²) < 4.78 is 20.7. The Morgan fingerprint density at radius 2 is 1.90 bits per heavy atom. The van der Waals surface area contributed by atoms with Gasteiger partial charge in [-0.2, -0.15) is 15.1 Å². The van der Waals surface area contributed by atoms with Gasteiger partial charge in [0, 0.05) is 34.8 Å². The number of aryl methyl sites for hydroxylation is 1. The Hall–Kier alpha value is -3.88. The molecule has 0 fully saturated rings. The topological polar surface area (TPSA) is 104 Å². The normalized spacial score (nSPS) is 11.5. The molecule has 0 saturated heterocycles. The molecule has 0 bridgehead atoms. The summed E-state index contributed by atoms with van der Waals surface area (Å²) in [6.07, 6.45) is 3.82. The van der Waals surface area contributed by atoms with Crippen LogP contribution in [0.5, 0.6) is 11.8 Å². The van der Waals surface area contributed by atoms with Gasteiger partial charge >= 0.3 is 6.01 Å². The average Bonchev–Trinajstić information content (AvgIpc) is 3.30. The second-order valence-corrected chi connectivity index (χ2v) is 7.45. The van der Waals surface area contributed by atoms with E-state index in [1.807, 2.05) is 45.9 Å². The number of hydrogen-bond donors (Lipinski definition) is 4. The third-order valence-corrected chi connectivity index (χ3v) is 4.38. The van der Waals surface area contributed by atoms with Gasteiger partial charge in [-0.1, -0.05) is 6.08 Å². The minimum absolute atomic E-state index is 0.0165. The predicted molar refractivity (Wildman–Crippen MR) is 120 cm³/mol. The molecule has 4 N–H and O–H groups in total. The Kier molecular flexibility index (Phi) is 5.57. The molecule has 0 unspecified atom stereocenters. The summed E-state index contributed by atoms with van der Waals surface area (Å²) in [5.41, 5.74) is 2.43. The van der Waals surface area contributed by atoms with Crippen molar-refractivity contribution in [3.63, 3.8) is 0 Å². The Morgan fingerprint density at radius 1 is 1.10 bits per heavy atom. The molecule has 31 heavy (non-hydrogen) atoms. The fraction of sp³-hybridized carbons (Fsp3) is 0.227. The van der Waals surface area contributed by atoms with Crippen molar-refractivity contribution in [2.45, 2.75) is 33.7 Å². The van der Waals surface area contributed by atoms with Gasteiger partial charge in [-0.25, -0.2) is 4.39 Å². The van der Waals surface area contributed by atoms with Gasteiger partial charge in [-0.15, -0.1) is 0 Å². The maximum atomic E-state index is 14.9. The molecule has 3 aromatic heterocycles. The molecule has 0 spiro atoms. The fourth-order valence-electron chi connectivity index (χ4n) is 3.17. The zero-order valence-electron chi connectivity index (χ0n) is 17.7.